The summed E-state index contributed by atoms with van der Waals surface area (Å²) in [5, 5.41) is 0.502. The van der Waals surface area contributed by atoms with Crippen LogP contribution in [-0.2, 0) is 0 Å². The normalized spacial score (nSPS) is 18.0. The Morgan fingerprint density at radius 3 is 1.88 bits per heavy atom. The van der Waals surface area contributed by atoms with Crippen LogP contribution in [0.4, 0.5) is 0 Å². The molecule has 0 fully saturated rings. The maximum absolute atomic E-state index is 2.53. The molecule has 0 heterocycles. The first-order valence-electron chi connectivity index (χ1n) is 5.78. The predicted octanol–water partition coefficient (Wildman–Crippen LogP) is 6.04. The van der Waals surface area contributed by atoms with E-state index in [1.54, 1.807) is 0 Å². The van der Waals surface area contributed by atoms with Gasteiger partial charge in [-0.05, 0) is 34.0 Å². The topological polar surface area (TPSA) is 0 Å². The zero-order valence-corrected chi connectivity index (χ0v) is 15.7. The van der Waals surface area contributed by atoms with Gasteiger partial charge in [-0.15, -0.1) is 11.4 Å². The molecule has 4 heteroatoms. The van der Waals surface area contributed by atoms with Crippen LogP contribution in [0.3, 0.4) is 0 Å². The van der Waals surface area contributed by atoms with Crippen LogP contribution in [0.5, 0.6) is 0 Å². The van der Waals surface area contributed by atoms with E-state index in [2.05, 4.69) is 77.2 Å². The molecule has 0 aliphatic heterocycles. The van der Waals surface area contributed by atoms with Gasteiger partial charge in [-0.3, -0.25) is 0 Å². The van der Waals surface area contributed by atoms with E-state index < -0.39 is 6.46 Å². The second-order valence-electron chi connectivity index (χ2n) is 6.61. The third-order valence-electron chi connectivity index (χ3n) is 2.80. The highest BCUT2D eigenvalue weighted by molar-refractivity contribution is 8.65. The lowest BCUT2D eigenvalue weighted by Gasteiger charge is -2.32. The molecule has 98 valence electrons. The lowest BCUT2D eigenvalue weighted by Crippen LogP contribution is -2.18. The van der Waals surface area contributed by atoms with Gasteiger partial charge >= 0.3 is 0 Å². The molecule has 0 aromatic rings. The highest BCUT2D eigenvalue weighted by atomic mass is 32.7. The van der Waals surface area contributed by atoms with E-state index >= 15 is 0 Å². The summed E-state index contributed by atoms with van der Waals surface area (Å²) in [6.45, 7) is 16.0. The van der Waals surface area contributed by atoms with Crippen molar-refractivity contribution >= 4 is 37.0 Å². The first-order valence-corrected chi connectivity index (χ1v) is 12.9. The Balaban J connectivity index is 4.08. The van der Waals surface area contributed by atoms with E-state index in [4.69, 9.17) is 0 Å². The molecule has 16 heavy (non-hydrogen) atoms. The molecule has 2 atom stereocenters. The summed E-state index contributed by atoms with van der Waals surface area (Å²) in [5.41, 5.74) is 0.480. The summed E-state index contributed by atoms with van der Waals surface area (Å²) >= 11 is 4.30. The lowest BCUT2D eigenvalue weighted by molar-refractivity contribution is 0.482. The third kappa shape index (κ3) is 6.48. The van der Waals surface area contributed by atoms with Crippen molar-refractivity contribution < 1.29 is 0 Å². The fourth-order valence-corrected chi connectivity index (χ4v) is 14.7. The molecule has 0 aliphatic rings. The molecule has 0 aromatic carbocycles. The van der Waals surface area contributed by atoms with E-state index in [-0.39, 0.29) is 0 Å². The Labute approximate surface area is 113 Å². The Morgan fingerprint density at radius 2 is 1.56 bits per heavy atom. The van der Waals surface area contributed by atoms with Crippen molar-refractivity contribution in [1.82, 2.24) is 0 Å². The molecule has 0 N–H and O–H groups in total. The van der Waals surface area contributed by atoms with Crippen LogP contribution >= 0.6 is 37.0 Å². The molecular formula is C12H29P2S2+. The van der Waals surface area contributed by atoms with Crippen molar-refractivity contribution in [2.75, 3.05) is 24.6 Å². The summed E-state index contributed by atoms with van der Waals surface area (Å²) in [7, 11) is 1.08. The Morgan fingerprint density at radius 1 is 1.06 bits per heavy atom. The van der Waals surface area contributed by atoms with Crippen molar-refractivity contribution in [3.63, 3.8) is 0 Å². The molecule has 0 aromatic heterocycles. The highest BCUT2D eigenvalue weighted by Gasteiger charge is 2.44. The van der Waals surface area contributed by atoms with Crippen LogP contribution in [0.25, 0.3) is 0 Å². The van der Waals surface area contributed by atoms with E-state index in [1.165, 1.54) is 11.7 Å². The molecule has 0 nitrogen and oxygen atoms in total. The second-order valence-corrected chi connectivity index (χ2v) is 17.9. The number of hydrogen-bond acceptors (Lipinski definition) is 2. The summed E-state index contributed by atoms with van der Waals surface area (Å²) < 4.78 is 0. The molecule has 0 spiro atoms. The van der Waals surface area contributed by atoms with Crippen molar-refractivity contribution in [1.29, 1.82) is 0 Å². The van der Waals surface area contributed by atoms with Crippen molar-refractivity contribution in [2.45, 2.75) is 46.7 Å². The fraction of sp³-hybridized carbons (Fsp3) is 1.00. The number of rotatable bonds is 5. The summed E-state index contributed by atoms with van der Waals surface area (Å²) in [6, 6.07) is 0. The van der Waals surface area contributed by atoms with Gasteiger partial charge in [-0.25, -0.2) is 0 Å². The van der Waals surface area contributed by atoms with Crippen LogP contribution in [0, 0.1) is 5.41 Å². The van der Waals surface area contributed by atoms with Crippen LogP contribution in [0.2, 0.25) is 0 Å². The largest absolute Gasteiger partial charge is 0.133 e. The fourth-order valence-electron chi connectivity index (χ4n) is 1.01. The van der Waals surface area contributed by atoms with Gasteiger partial charge in [0, 0.05) is 23.4 Å². The van der Waals surface area contributed by atoms with Gasteiger partial charge in [0.15, 0.2) is 0 Å². The summed E-state index contributed by atoms with van der Waals surface area (Å²) in [6.07, 6.45) is 2.30. The van der Waals surface area contributed by atoms with Gasteiger partial charge in [0.25, 0.3) is 0 Å². The SMILES string of the molecule is CS[P+](C)(CPSCC(C)(C)C)C(C)(C)C. The van der Waals surface area contributed by atoms with E-state index in [9.17, 15) is 0 Å². The Bertz CT molecular complexity index is 206. The Kier molecular flexibility index (Phi) is 7.30. The molecule has 0 rings (SSSR count). The van der Waals surface area contributed by atoms with Crippen LogP contribution < -0.4 is 0 Å². The third-order valence-corrected chi connectivity index (χ3v) is 18.0. The van der Waals surface area contributed by atoms with Gasteiger partial charge < -0.3 is 0 Å². The van der Waals surface area contributed by atoms with Crippen LogP contribution in [-0.4, -0.2) is 29.7 Å². The maximum Gasteiger partial charge on any atom is 0.0949 e. The van der Waals surface area contributed by atoms with Gasteiger partial charge in [0.1, 0.15) is 0 Å². The van der Waals surface area contributed by atoms with Gasteiger partial charge in [0.05, 0.1) is 24.2 Å². The summed E-state index contributed by atoms with van der Waals surface area (Å²) in [4.78, 5) is 0. The minimum Gasteiger partial charge on any atom is -0.133 e. The molecule has 0 bridgehead atoms. The van der Waals surface area contributed by atoms with Gasteiger partial charge in [0.2, 0.25) is 0 Å². The van der Waals surface area contributed by atoms with Gasteiger partial charge in [-0.1, -0.05) is 20.8 Å². The first-order chi connectivity index (χ1) is 7.02. The molecule has 2 unspecified atom stereocenters. The van der Waals surface area contributed by atoms with Crippen LogP contribution in [0.1, 0.15) is 41.5 Å². The smallest absolute Gasteiger partial charge is 0.0949 e. The summed E-state index contributed by atoms with van der Waals surface area (Å²) in [5.74, 6) is 2.74. The lowest BCUT2D eigenvalue weighted by atomic mass is 10.0. The van der Waals surface area contributed by atoms with Gasteiger partial charge in [-0.2, -0.15) is 0 Å². The first kappa shape index (κ1) is 17.6. The molecule has 0 saturated heterocycles. The second kappa shape index (κ2) is 6.65. The molecular weight excluding hydrogens is 270 g/mol. The average Bonchev–Trinajstić information content (AvgIpc) is 2.08. The minimum absolute atomic E-state index is 0.480. The maximum atomic E-state index is 2.53. The van der Waals surface area contributed by atoms with E-state index in [0.29, 0.717) is 10.6 Å². The minimum atomic E-state index is -0.808. The number of hydrogen-bond donors (Lipinski definition) is 0. The highest BCUT2D eigenvalue weighted by Crippen LogP contribution is 2.77. The van der Waals surface area contributed by atoms with Crippen molar-refractivity contribution in [3.05, 3.63) is 0 Å². The molecule has 0 aliphatic carbocycles. The zero-order chi connectivity index (χ0) is 13.0. The van der Waals surface area contributed by atoms with Crippen LogP contribution in [0.15, 0.2) is 0 Å². The molecule has 0 saturated carbocycles. The monoisotopic (exact) mass is 299 g/mol. The van der Waals surface area contributed by atoms with E-state index in [0.717, 1.165) is 7.78 Å². The molecule has 0 radical (unpaired) electrons. The predicted molar refractivity (Wildman–Crippen MR) is 91.2 cm³/mol. The standard InChI is InChI=1S/C12H29P2S2/c1-11(2,3)9-16-13-10-14(7,15-8)12(4,5)6/h13H,9-10H2,1-8H3/q+1. The zero-order valence-electron chi connectivity index (χ0n) is 12.2. The average molecular weight is 299 g/mol. The molecule has 0 amide bonds. The van der Waals surface area contributed by atoms with Crippen molar-refractivity contribution in [3.8, 4) is 0 Å². The Hall–Kier alpha value is 1.56. The van der Waals surface area contributed by atoms with Crippen molar-refractivity contribution in [2.24, 2.45) is 5.41 Å². The van der Waals surface area contributed by atoms with E-state index in [1.807, 2.05) is 0 Å². The quantitative estimate of drug-likeness (QED) is 0.448.